The van der Waals surface area contributed by atoms with Crippen molar-refractivity contribution in [2.45, 2.75) is 6.92 Å². The Morgan fingerprint density at radius 2 is 1.94 bits per heavy atom. The van der Waals surface area contributed by atoms with Crippen LogP contribution in [-0.4, -0.2) is 5.91 Å². The summed E-state index contributed by atoms with van der Waals surface area (Å²) >= 11 is 0. The average molecular weight is 242 g/mol. The molecular formula is C14H14N2O2. The van der Waals surface area contributed by atoms with Crippen molar-refractivity contribution in [1.82, 2.24) is 0 Å². The molecule has 0 radical (unpaired) electrons. The summed E-state index contributed by atoms with van der Waals surface area (Å²) < 4.78 is 5.69. The fraction of sp³-hybridized carbons (Fsp3) is 0.0714. The minimum absolute atomic E-state index is 0.450. The van der Waals surface area contributed by atoms with Crippen molar-refractivity contribution in [3.05, 3.63) is 53.6 Å². The molecule has 4 nitrogen and oxygen atoms in total. The van der Waals surface area contributed by atoms with Gasteiger partial charge in [-0.2, -0.15) is 0 Å². The van der Waals surface area contributed by atoms with E-state index in [1.165, 1.54) is 0 Å². The summed E-state index contributed by atoms with van der Waals surface area (Å²) in [7, 11) is 0. The second-order valence-corrected chi connectivity index (χ2v) is 4.02. The molecule has 0 bridgehead atoms. The summed E-state index contributed by atoms with van der Waals surface area (Å²) in [6.07, 6.45) is 0. The third kappa shape index (κ3) is 2.60. The molecule has 0 spiro atoms. The SMILES string of the molecule is Cc1cc(C(N)=O)ccc1Oc1cccc(N)c1. The van der Waals surface area contributed by atoms with Crippen LogP contribution in [0.15, 0.2) is 42.5 Å². The van der Waals surface area contributed by atoms with Crippen LogP contribution in [0.3, 0.4) is 0 Å². The minimum atomic E-state index is -0.450. The van der Waals surface area contributed by atoms with Gasteiger partial charge >= 0.3 is 0 Å². The fourth-order valence-corrected chi connectivity index (χ4v) is 1.62. The zero-order chi connectivity index (χ0) is 13.1. The van der Waals surface area contributed by atoms with Gasteiger partial charge < -0.3 is 16.2 Å². The molecule has 92 valence electrons. The number of primary amides is 1. The molecule has 18 heavy (non-hydrogen) atoms. The largest absolute Gasteiger partial charge is 0.457 e. The van der Waals surface area contributed by atoms with Crippen LogP contribution in [0.5, 0.6) is 11.5 Å². The quantitative estimate of drug-likeness (QED) is 0.811. The monoisotopic (exact) mass is 242 g/mol. The van der Waals surface area contributed by atoms with E-state index in [2.05, 4.69) is 0 Å². The van der Waals surface area contributed by atoms with Gasteiger partial charge in [0.15, 0.2) is 0 Å². The predicted molar refractivity (Wildman–Crippen MR) is 70.6 cm³/mol. The molecule has 0 heterocycles. The molecule has 1 amide bonds. The third-order valence-corrected chi connectivity index (χ3v) is 2.55. The molecule has 0 fully saturated rings. The zero-order valence-electron chi connectivity index (χ0n) is 10.0. The number of anilines is 1. The number of amides is 1. The summed E-state index contributed by atoms with van der Waals surface area (Å²) in [4.78, 5) is 11.0. The van der Waals surface area contributed by atoms with Crippen molar-refractivity contribution in [2.24, 2.45) is 5.73 Å². The van der Waals surface area contributed by atoms with Gasteiger partial charge in [0.25, 0.3) is 0 Å². The molecule has 0 aliphatic carbocycles. The first kappa shape index (κ1) is 12.0. The number of benzene rings is 2. The minimum Gasteiger partial charge on any atom is -0.457 e. The van der Waals surface area contributed by atoms with Crippen molar-refractivity contribution in [3.8, 4) is 11.5 Å². The number of ether oxygens (including phenoxy) is 1. The zero-order valence-corrected chi connectivity index (χ0v) is 10.0. The van der Waals surface area contributed by atoms with Gasteiger partial charge in [-0.3, -0.25) is 4.79 Å². The van der Waals surface area contributed by atoms with Crippen LogP contribution in [0.25, 0.3) is 0 Å². The van der Waals surface area contributed by atoms with Crippen molar-refractivity contribution in [1.29, 1.82) is 0 Å². The van der Waals surface area contributed by atoms with E-state index in [1.807, 2.05) is 19.1 Å². The van der Waals surface area contributed by atoms with Gasteiger partial charge in [-0.05, 0) is 42.8 Å². The highest BCUT2D eigenvalue weighted by molar-refractivity contribution is 5.93. The number of nitrogens with two attached hydrogens (primary N) is 2. The van der Waals surface area contributed by atoms with E-state index in [-0.39, 0.29) is 0 Å². The third-order valence-electron chi connectivity index (χ3n) is 2.55. The number of carbonyl (C=O) groups excluding carboxylic acids is 1. The lowest BCUT2D eigenvalue weighted by Crippen LogP contribution is -2.10. The number of aryl methyl sites for hydroxylation is 1. The number of rotatable bonds is 3. The molecule has 0 atom stereocenters. The molecular weight excluding hydrogens is 228 g/mol. The number of hydrogen-bond donors (Lipinski definition) is 2. The summed E-state index contributed by atoms with van der Waals surface area (Å²) in [6, 6.07) is 12.2. The molecule has 2 rings (SSSR count). The Morgan fingerprint density at radius 1 is 1.17 bits per heavy atom. The Labute approximate surface area is 105 Å². The normalized spacial score (nSPS) is 10.1. The Hall–Kier alpha value is -2.49. The fourth-order valence-electron chi connectivity index (χ4n) is 1.62. The maximum atomic E-state index is 11.0. The lowest BCUT2D eigenvalue weighted by atomic mass is 10.1. The maximum absolute atomic E-state index is 11.0. The van der Waals surface area contributed by atoms with E-state index in [0.717, 1.165) is 5.56 Å². The average Bonchev–Trinajstić information content (AvgIpc) is 2.31. The highest BCUT2D eigenvalue weighted by atomic mass is 16.5. The number of hydrogen-bond acceptors (Lipinski definition) is 3. The van der Waals surface area contributed by atoms with Gasteiger partial charge in [-0.1, -0.05) is 6.07 Å². The van der Waals surface area contributed by atoms with Gasteiger partial charge in [0, 0.05) is 17.3 Å². The molecule has 0 aromatic heterocycles. The van der Waals surface area contributed by atoms with Crippen molar-refractivity contribution in [3.63, 3.8) is 0 Å². The van der Waals surface area contributed by atoms with Crippen molar-refractivity contribution in [2.75, 3.05) is 5.73 Å². The van der Waals surface area contributed by atoms with E-state index >= 15 is 0 Å². The first-order valence-electron chi connectivity index (χ1n) is 5.50. The highest BCUT2D eigenvalue weighted by Gasteiger charge is 2.06. The first-order chi connectivity index (χ1) is 8.56. The van der Waals surface area contributed by atoms with Gasteiger partial charge in [0.05, 0.1) is 0 Å². The molecule has 2 aromatic carbocycles. The predicted octanol–water partition coefficient (Wildman–Crippen LogP) is 2.47. The van der Waals surface area contributed by atoms with Gasteiger partial charge in [-0.25, -0.2) is 0 Å². The first-order valence-corrected chi connectivity index (χ1v) is 5.50. The maximum Gasteiger partial charge on any atom is 0.248 e. The summed E-state index contributed by atoms with van der Waals surface area (Å²) in [5, 5.41) is 0. The summed E-state index contributed by atoms with van der Waals surface area (Å²) in [5.74, 6) is 0.879. The molecule has 2 aromatic rings. The van der Waals surface area contributed by atoms with E-state index in [0.29, 0.717) is 22.7 Å². The van der Waals surface area contributed by atoms with Gasteiger partial charge in [-0.15, -0.1) is 0 Å². The second kappa shape index (κ2) is 4.79. The molecule has 0 saturated carbocycles. The smallest absolute Gasteiger partial charge is 0.248 e. The Balaban J connectivity index is 2.27. The van der Waals surface area contributed by atoms with Gasteiger partial charge in [0.1, 0.15) is 11.5 Å². The lowest BCUT2D eigenvalue weighted by molar-refractivity contribution is 0.1000. The molecule has 0 aliphatic rings. The van der Waals surface area contributed by atoms with E-state index in [9.17, 15) is 4.79 Å². The Kier molecular flexibility index (Phi) is 3.19. The molecule has 0 saturated heterocycles. The van der Waals surface area contributed by atoms with E-state index in [1.54, 1.807) is 30.3 Å². The standard InChI is InChI=1S/C14H14N2O2/c1-9-7-10(14(16)17)5-6-13(9)18-12-4-2-3-11(15)8-12/h2-8H,15H2,1H3,(H2,16,17). The second-order valence-electron chi connectivity index (χ2n) is 4.02. The van der Waals surface area contributed by atoms with Crippen molar-refractivity contribution >= 4 is 11.6 Å². The Bertz CT molecular complexity index is 594. The molecule has 0 unspecified atom stereocenters. The Morgan fingerprint density at radius 3 is 2.56 bits per heavy atom. The van der Waals surface area contributed by atoms with Crippen LogP contribution in [0.4, 0.5) is 5.69 Å². The van der Waals surface area contributed by atoms with E-state index < -0.39 is 5.91 Å². The molecule has 4 N–H and O–H groups in total. The lowest BCUT2D eigenvalue weighted by Gasteiger charge is -2.09. The highest BCUT2D eigenvalue weighted by Crippen LogP contribution is 2.26. The summed E-state index contributed by atoms with van der Waals surface area (Å²) in [5.41, 5.74) is 12.8. The molecule has 4 heteroatoms. The van der Waals surface area contributed by atoms with E-state index in [4.69, 9.17) is 16.2 Å². The number of nitrogen functional groups attached to an aromatic ring is 1. The van der Waals surface area contributed by atoms with Crippen LogP contribution in [-0.2, 0) is 0 Å². The van der Waals surface area contributed by atoms with Crippen LogP contribution in [0.1, 0.15) is 15.9 Å². The number of carbonyl (C=O) groups is 1. The summed E-state index contributed by atoms with van der Waals surface area (Å²) in [6.45, 7) is 1.86. The van der Waals surface area contributed by atoms with Gasteiger partial charge in [0.2, 0.25) is 5.91 Å². The van der Waals surface area contributed by atoms with Crippen LogP contribution < -0.4 is 16.2 Å². The van der Waals surface area contributed by atoms with Crippen molar-refractivity contribution < 1.29 is 9.53 Å². The van der Waals surface area contributed by atoms with Crippen LogP contribution in [0, 0.1) is 6.92 Å². The molecule has 0 aliphatic heterocycles. The van der Waals surface area contributed by atoms with Crippen LogP contribution in [0.2, 0.25) is 0 Å². The van der Waals surface area contributed by atoms with Crippen LogP contribution >= 0.6 is 0 Å². The topological polar surface area (TPSA) is 78.3 Å².